The Morgan fingerprint density at radius 2 is 1.94 bits per heavy atom. The van der Waals surface area contributed by atoms with Crippen molar-refractivity contribution in [3.63, 3.8) is 0 Å². The first-order valence-corrected chi connectivity index (χ1v) is 6.09. The molecule has 0 aliphatic carbocycles. The van der Waals surface area contributed by atoms with E-state index in [1.807, 2.05) is 0 Å². The number of carboxylic acids is 1. The molecule has 1 unspecified atom stereocenters. The van der Waals surface area contributed by atoms with Crippen LogP contribution in [0.1, 0.15) is 24.2 Å². The van der Waals surface area contributed by atoms with E-state index in [-0.39, 0.29) is 16.8 Å². The van der Waals surface area contributed by atoms with E-state index in [1.165, 1.54) is 23.9 Å². The Balaban J connectivity index is 2.63. The van der Waals surface area contributed by atoms with Crippen molar-refractivity contribution in [1.82, 2.24) is 0 Å². The van der Waals surface area contributed by atoms with Crippen molar-refractivity contribution in [2.45, 2.75) is 24.0 Å². The maximum absolute atomic E-state index is 11.4. The van der Waals surface area contributed by atoms with E-state index in [0.717, 1.165) is 4.90 Å². The molecule has 1 N–H and O–H groups in total. The molecule has 17 heavy (non-hydrogen) atoms. The zero-order valence-corrected chi connectivity index (χ0v) is 10.5. The Morgan fingerprint density at radius 1 is 1.35 bits per heavy atom. The maximum Gasteiger partial charge on any atom is 0.335 e. The summed E-state index contributed by atoms with van der Waals surface area (Å²) >= 11 is 1.34. The standard InChI is InChI=1S/C12H14O4S/c1-3-16-12(15)8(2)17-10-6-4-9(5-7-10)11(13)14/h4-8H,3H2,1-2H3,(H,13,14). The second-order valence-electron chi connectivity index (χ2n) is 3.34. The molecule has 4 nitrogen and oxygen atoms in total. The molecule has 1 atom stereocenters. The SMILES string of the molecule is CCOC(=O)C(C)Sc1ccc(C(=O)O)cc1. The van der Waals surface area contributed by atoms with Gasteiger partial charge >= 0.3 is 11.9 Å². The van der Waals surface area contributed by atoms with Crippen LogP contribution in [0.25, 0.3) is 0 Å². The fourth-order valence-corrected chi connectivity index (χ4v) is 2.05. The largest absolute Gasteiger partial charge is 0.478 e. The lowest BCUT2D eigenvalue weighted by atomic mass is 10.2. The van der Waals surface area contributed by atoms with Gasteiger partial charge in [0.2, 0.25) is 0 Å². The number of carboxylic acid groups (broad SMARTS) is 1. The number of hydrogen-bond acceptors (Lipinski definition) is 4. The molecule has 0 amide bonds. The number of carbonyl (C=O) groups is 2. The van der Waals surface area contributed by atoms with E-state index < -0.39 is 5.97 Å². The Labute approximate surface area is 104 Å². The molecule has 1 aromatic rings. The molecule has 0 radical (unpaired) electrons. The Kier molecular flexibility index (Phi) is 5.03. The minimum absolute atomic E-state index is 0.234. The van der Waals surface area contributed by atoms with Crippen molar-refractivity contribution in [2.24, 2.45) is 0 Å². The summed E-state index contributed by atoms with van der Waals surface area (Å²) in [5.74, 6) is -1.22. The summed E-state index contributed by atoms with van der Waals surface area (Å²) in [7, 11) is 0. The summed E-state index contributed by atoms with van der Waals surface area (Å²) in [6, 6.07) is 6.40. The monoisotopic (exact) mass is 254 g/mol. The van der Waals surface area contributed by atoms with E-state index >= 15 is 0 Å². The summed E-state index contributed by atoms with van der Waals surface area (Å²) in [5, 5.41) is 8.43. The van der Waals surface area contributed by atoms with Gasteiger partial charge in [0.05, 0.1) is 12.2 Å². The van der Waals surface area contributed by atoms with Gasteiger partial charge in [-0.1, -0.05) is 0 Å². The minimum Gasteiger partial charge on any atom is -0.478 e. The van der Waals surface area contributed by atoms with Gasteiger partial charge < -0.3 is 9.84 Å². The lowest BCUT2D eigenvalue weighted by molar-refractivity contribution is -0.142. The lowest BCUT2D eigenvalue weighted by Gasteiger charge is -2.09. The Hall–Kier alpha value is -1.49. The average Bonchev–Trinajstić information content (AvgIpc) is 2.30. The summed E-state index contributed by atoms with van der Waals surface area (Å²) in [5.41, 5.74) is 0.234. The second kappa shape index (κ2) is 6.30. The number of aromatic carboxylic acids is 1. The lowest BCUT2D eigenvalue weighted by Crippen LogP contribution is -2.16. The number of esters is 1. The predicted octanol–water partition coefficient (Wildman–Crippen LogP) is 2.43. The smallest absolute Gasteiger partial charge is 0.335 e. The van der Waals surface area contributed by atoms with Crippen molar-refractivity contribution >= 4 is 23.7 Å². The third-order valence-electron chi connectivity index (χ3n) is 2.03. The average molecular weight is 254 g/mol. The van der Waals surface area contributed by atoms with Crippen molar-refractivity contribution < 1.29 is 19.4 Å². The van der Waals surface area contributed by atoms with Crippen molar-refractivity contribution in [1.29, 1.82) is 0 Å². The molecule has 0 bridgehead atoms. The summed E-state index contributed by atoms with van der Waals surface area (Å²) < 4.78 is 4.88. The molecule has 1 rings (SSSR count). The number of benzene rings is 1. The first-order chi connectivity index (χ1) is 8.04. The Bertz CT molecular complexity index is 399. The topological polar surface area (TPSA) is 63.6 Å². The fraction of sp³-hybridized carbons (Fsp3) is 0.333. The van der Waals surface area contributed by atoms with Gasteiger partial charge in [-0.3, -0.25) is 4.79 Å². The van der Waals surface area contributed by atoms with Crippen LogP contribution in [0, 0.1) is 0 Å². The van der Waals surface area contributed by atoms with Crippen molar-refractivity contribution in [3.8, 4) is 0 Å². The van der Waals surface area contributed by atoms with E-state index in [4.69, 9.17) is 9.84 Å². The molecule has 0 saturated carbocycles. The zero-order chi connectivity index (χ0) is 12.8. The van der Waals surface area contributed by atoms with Crippen LogP contribution in [-0.4, -0.2) is 28.9 Å². The first-order valence-electron chi connectivity index (χ1n) is 5.21. The molecule has 0 fully saturated rings. The predicted molar refractivity (Wildman–Crippen MR) is 65.4 cm³/mol. The van der Waals surface area contributed by atoms with Crippen LogP contribution in [0.4, 0.5) is 0 Å². The van der Waals surface area contributed by atoms with Gasteiger partial charge in [-0.05, 0) is 38.1 Å². The van der Waals surface area contributed by atoms with Gasteiger partial charge in [-0.2, -0.15) is 0 Å². The number of rotatable bonds is 5. The number of thioether (sulfide) groups is 1. The molecule has 0 aromatic heterocycles. The minimum atomic E-state index is -0.958. The molecule has 0 spiro atoms. The summed E-state index contributed by atoms with van der Waals surface area (Å²) in [6.45, 7) is 3.88. The van der Waals surface area contributed by atoms with Gasteiger partial charge in [0, 0.05) is 4.90 Å². The molecule has 92 valence electrons. The molecule has 0 heterocycles. The van der Waals surface area contributed by atoms with Gasteiger partial charge in [0.15, 0.2) is 0 Å². The fourth-order valence-electron chi connectivity index (χ4n) is 1.19. The molecular formula is C12H14O4S. The molecule has 1 aromatic carbocycles. The van der Waals surface area contributed by atoms with E-state index in [1.54, 1.807) is 26.0 Å². The first kappa shape index (κ1) is 13.6. The van der Waals surface area contributed by atoms with Gasteiger partial charge in [0.1, 0.15) is 5.25 Å². The van der Waals surface area contributed by atoms with Gasteiger partial charge in [0.25, 0.3) is 0 Å². The molecule has 0 aliphatic heterocycles. The molecule has 0 saturated heterocycles. The third kappa shape index (κ3) is 4.11. The maximum atomic E-state index is 11.4. The second-order valence-corrected chi connectivity index (χ2v) is 4.76. The van der Waals surface area contributed by atoms with Crippen LogP contribution in [0.5, 0.6) is 0 Å². The number of carbonyl (C=O) groups excluding carboxylic acids is 1. The van der Waals surface area contributed by atoms with E-state index in [0.29, 0.717) is 6.61 Å². The molecule has 0 aliphatic rings. The quantitative estimate of drug-likeness (QED) is 0.646. The van der Waals surface area contributed by atoms with Crippen molar-refractivity contribution in [3.05, 3.63) is 29.8 Å². The Morgan fingerprint density at radius 3 is 2.41 bits per heavy atom. The van der Waals surface area contributed by atoms with Crippen LogP contribution < -0.4 is 0 Å². The zero-order valence-electron chi connectivity index (χ0n) is 9.67. The van der Waals surface area contributed by atoms with Crippen molar-refractivity contribution in [2.75, 3.05) is 6.61 Å². The van der Waals surface area contributed by atoms with E-state index in [2.05, 4.69) is 0 Å². The number of ether oxygens (including phenoxy) is 1. The third-order valence-corrected chi connectivity index (χ3v) is 3.12. The van der Waals surface area contributed by atoms with Crippen LogP contribution in [0.3, 0.4) is 0 Å². The highest BCUT2D eigenvalue weighted by Gasteiger charge is 2.15. The van der Waals surface area contributed by atoms with Gasteiger partial charge in [-0.25, -0.2) is 4.79 Å². The van der Waals surface area contributed by atoms with Crippen LogP contribution in [0.15, 0.2) is 29.2 Å². The molecule has 5 heteroatoms. The van der Waals surface area contributed by atoms with Gasteiger partial charge in [-0.15, -0.1) is 11.8 Å². The highest BCUT2D eigenvalue weighted by molar-refractivity contribution is 8.00. The van der Waals surface area contributed by atoms with Crippen LogP contribution in [0.2, 0.25) is 0 Å². The summed E-state index contributed by atoms with van der Waals surface area (Å²) in [4.78, 5) is 22.9. The molecular weight excluding hydrogens is 240 g/mol. The highest BCUT2D eigenvalue weighted by atomic mass is 32.2. The van der Waals surface area contributed by atoms with Crippen LogP contribution in [-0.2, 0) is 9.53 Å². The van der Waals surface area contributed by atoms with Crippen LogP contribution >= 0.6 is 11.8 Å². The summed E-state index contributed by atoms with van der Waals surface area (Å²) in [6.07, 6.45) is 0. The highest BCUT2D eigenvalue weighted by Crippen LogP contribution is 2.24. The van der Waals surface area contributed by atoms with E-state index in [9.17, 15) is 9.59 Å². The number of hydrogen-bond donors (Lipinski definition) is 1. The normalized spacial score (nSPS) is 11.9.